The maximum absolute atomic E-state index is 11.3. The van der Waals surface area contributed by atoms with Gasteiger partial charge in [0.05, 0.1) is 6.61 Å². The molecule has 0 atom stereocenters. The van der Waals surface area contributed by atoms with Crippen molar-refractivity contribution in [2.75, 3.05) is 39.9 Å². The molecule has 1 fully saturated rings. The van der Waals surface area contributed by atoms with Crippen molar-refractivity contribution < 1.29 is 9.53 Å². The van der Waals surface area contributed by atoms with E-state index in [0.717, 1.165) is 19.6 Å². The summed E-state index contributed by atoms with van der Waals surface area (Å²) in [7, 11) is 1.62. The van der Waals surface area contributed by atoms with Gasteiger partial charge in [0.1, 0.15) is 0 Å². The van der Waals surface area contributed by atoms with Crippen molar-refractivity contribution in [1.29, 1.82) is 0 Å². The number of likely N-dealkylation sites (tertiary alicyclic amines) is 1. The molecule has 1 saturated heterocycles. The first-order valence-electron chi connectivity index (χ1n) is 5.98. The lowest BCUT2D eigenvalue weighted by Gasteiger charge is -2.24. The third-order valence-electron chi connectivity index (χ3n) is 2.69. The zero-order chi connectivity index (χ0) is 11.6. The lowest BCUT2D eigenvalue weighted by molar-refractivity contribution is -0.116. The molecule has 0 aromatic rings. The van der Waals surface area contributed by atoms with Crippen LogP contribution < -0.4 is 5.32 Å². The van der Waals surface area contributed by atoms with Crippen molar-refractivity contribution in [3.05, 3.63) is 12.2 Å². The van der Waals surface area contributed by atoms with E-state index in [9.17, 15) is 4.79 Å². The molecule has 0 saturated carbocycles. The fourth-order valence-corrected chi connectivity index (χ4v) is 1.79. The predicted molar refractivity (Wildman–Crippen MR) is 64.3 cm³/mol. The fourth-order valence-electron chi connectivity index (χ4n) is 1.79. The first-order chi connectivity index (χ1) is 7.83. The zero-order valence-corrected chi connectivity index (χ0v) is 10.1. The predicted octanol–water partition coefficient (Wildman–Crippen LogP) is 0.791. The van der Waals surface area contributed by atoms with Crippen LogP contribution in [-0.2, 0) is 9.53 Å². The molecule has 1 rings (SSSR count). The highest BCUT2D eigenvalue weighted by molar-refractivity contribution is 5.87. The average Bonchev–Trinajstić information content (AvgIpc) is 2.31. The minimum atomic E-state index is -0.0333. The van der Waals surface area contributed by atoms with Crippen LogP contribution in [0.3, 0.4) is 0 Å². The molecular formula is C12H22N2O2. The highest BCUT2D eigenvalue weighted by atomic mass is 16.5. The summed E-state index contributed by atoms with van der Waals surface area (Å²) in [6.45, 7) is 4.35. The molecule has 4 nitrogen and oxygen atoms in total. The standard InChI is InChI=1S/C12H22N2O2/c1-16-11-7-13-12(15)6-5-10-14-8-3-2-4-9-14/h5-6H,2-4,7-11H2,1H3,(H,13,15)/b6-5+. The Bertz CT molecular complexity index is 223. The third-order valence-corrected chi connectivity index (χ3v) is 2.69. The van der Waals surface area contributed by atoms with Gasteiger partial charge in [0.15, 0.2) is 0 Å². The van der Waals surface area contributed by atoms with Crippen molar-refractivity contribution in [3.63, 3.8) is 0 Å². The Labute approximate surface area is 97.6 Å². The van der Waals surface area contributed by atoms with E-state index in [1.807, 2.05) is 6.08 Å². The summed E-state index contributed by atoms with van der Waals surface area (Å²) in [6.07, 6.45) is 7.47. The normalized spacial score (nSPS) is 17.8. The number of methoxy groups -OCH3 is 1. The van der Waals surface area contributed by atoms with Gasteiger partial charge in [0.2, 0.25) is 5.91 Å². The van der Waals surface area contributed by atoms with Gasteiger partial charge >= 0.3 is 0 Å². The summed E-state index contributed by atoms with van der Waals surface area (Å²) >= 11 is 0. The van der Waals surface area contributed by atoms with Crippen molar-refractivity contribution in [1.82, 2.24) is 10.2 Å². The average molecular weight is 226 g/mol. The molecule has 1 heterocycles. The summed E-state index contributed by atoms with van der Waals surface area (Å²) in [4.78, 5) is 13.7. The van der Waals surface area contributed by atoms with E-state index < -0.39 is 0 Å². The molecule has 1 aliphatic rings. The van der Waals surface area contributed by atoms with Gasteiger partial charge in [-0.05, 0) is 25.9 Å². The van der Waals surface area contributed by atoms with E-state index in [4.69, 9.17) is 4.74 Å². The quantitative estimate of drug-likeness (QED) is 0.538. The molecule has 0 spiro atoms. The first-order valence-corrected chi connectivity index (χ1v) is 5.98. The van der Waals surface area contributed by atoms with E-state index in [0.29, 0.717) is 13.2 Å². The van der Waals surface area contributed by atoms with Crippen LogP contribution in [-0.4, -0.2) is 50.7 Å². The van der Waals surface area contributed by atoms with Crippen LogP contribution in [0.2, 0.25) is 0 Å². The summed E-state index contributed by atoms with van der Waals surface area (Å²) in [5.74, 6) is -0.0333. The van der Waals surface area contributed by atoms with Crippen LogP contribution in [0.5, 0.6) is 0 Å². The lowest BCUT2D eigenvalue weighted by Crippen LogP contribution is -2.30. The molecular weight excluding hydrogens is 204 g/mol. The topological polar surface area (TPSA) is 41.6 Å². The van der Waals surface area contributed by atoms with E-state index in [2.05, 4.69) is 10.2 Å². The highest BCUT2D eigenvalue weighted by Crippen LogP contribution is 2.07. The van der Waals surface area contributed by atoms with Gasteiger partial charge in [0.25, 0.3) is 0 Å². The molecule has 0 unspecified atom stereocenters. The van der Waals surface area contributed by atoms with E-state index >= 15 is 0 Å². The SMILES string of the molecule is COCCNC(=O)/C=C/CN1CCCCC1. The summed E-state index contributed by atoms with van der Waals surface area (Å²) in [5.41, 5.74) is 0. The fraction of sp³-hybridized carbons (Fsp3) is 0.750. The van der Waals surface area contributed by atoms with E-state index in [1.54, 1.807) is 13.2 Å². The van der Waals surface area contributed by atoms with Crippen molar-refractivity contribution in [2.24, 2.45) is 0 Å². The number of piperidine rings is 1. The van der Waals surface area contributed by atoms with Gasteiger partial charge in [-0.15, -0.1) is 0 Å². The van der Waals surface area contributed by atoms with Gasteiger partial charge in [-0.1, -0.05) is 12.5 Å². The number of ether oxygens (including phenoxy) is 1. The van der Waals surface area contributed by atoms with Crippen LogP contribution in [0.25, 0.3) is 0 Å². The van der Waals surface area contributed by atoms with Gasteiger partial charge in [-0.2, -0.15) is 0 Å². The van der Waals surface area contributed by atoms with Crippen molar-refractivity contribution in [3.8, 4) is 0 Å². The second kappa shape index (κ2) is 8.30. The smallest absolute Gasteiger partial charge is 0.243 e. The minimum Gasteiger partial charge on any atom is -0.383 e. The maximum Gasteiger partial charge on any atom is 0.243 e. The molecule has 1 N–H and O–H groups in total. The number of hydrogen-bond donors (Lipinski definition) is 1. The number of rotatable bonds is 6. The van der Waals surface area contributed by atoms with Crippen molar-refractivity contribution >= 4 is 5.91 Å². The third kappa shape index (κ3) is 5.88. The molecule has 4 heteroatoms. The maximum atomic E-state index is 11.3. The van der Waals surface area contributed by atoms with Gasteiger partial charge in [0, 0.05) is 26.3 Å². The Morgan fingerprint density at radius 1 is 1.38 bits per heavy atom. The Morgan fingerprint density at radius 2 is 2.12 bits per heavy atom. The van der Waals surface area contributed by atoms with Gasteiger partial charge in [-0.3, -0.25) is 9.69 Å². The number of nitrogens with zero attached hydrogens (tertiary/aromatic N) is 1. The zero-order valence-electron chi connectivity index (χ0n) is 10.1. The molecule has 0 aromatic carbocycles. The molecule has 0 aromatic heterocycles. The number of amides is 1. The van der Waals surface area contributed by atoms with Crippen LogP contribution in [0.1, 0.15) is 19.3 Å². The number of carbonyl (C=O) groups excluding carboxylic acids is 1. The number of hydrogen-bond acceptors (Lipinski definition) is 3. The monoisotopic (exact) mass is 226 g/mol. The Kier molecular flexibility index (Phi) is 6.85. The first kappa shape index (κ1) is 13.2. The Balaban J connectivity index is 2.07. The van der Waals surface area contributed by atoms with Crippen molar-refractivity contribution in [2.45, 2.75) is 19.3 Å². The molecule has 1 amide bonds. The van der Waals surface area contributed by atoms with Crippen LogP contribution in [0.4, 0.5) is 0 Å². The van der Waals surface area contributed by atoms with Crippen LogP contribution in [0.15, 0.2) is 12.2 Å². The number of carbonyl (C=O) groups is 1. The molecule has 92 valence electrons. The molecule has 0 bridgehead atoms. The van der Waals surface area contributed by atoms with E-state index in [-0.39, 0.29) is 5.91 Å². The minimum absolute atomic E-state index is 0.0333. The summed E-state index contributed by atoms with van der Waals surface area (Å²) < 4.78 is 4.84. The van der Waals surface area contributed by atoms with Gasteiger partial charge < -0.3 is 10.1 Å². The summed E-state index contributed by atoms with van der Waals surface area (Å²) in [6, 6.07) is 0. The molecule has 0 radical (unpaired) electrons. The van der Waals surface area contributed by atoms with Gasteiger partial charge in [-0.25, -0.2) is 0 Å². The molecule has 16 heavy (non-hydrogen) atoms. The largest absolute Gasteiger partial charge is 0.383 e. The van der Waals surface area contributed by atoms with Crippen LogP contribution >= 0.6 is 0 Å². The van der Waals surface area contributed by atoms with E-state index in [1.165, 1.54) is 19.3 Å². The highest BCUT2D eigenvalue weighted by Gasteiger charge is 2.07. The second-order valence-electron chi connectivity index (χ2n) is 4.05. The Hall–Kier alpha value is -0.870. The van der Waals surface area contributed by atoms with Crippen LogP contribution in [0, 0.1) is 0 Å². The second-order valence-corrected chi connectivity index (χ2v) is 4.05. The molecule has 1 aliphatic heterocycles. The Morgan fingerprint density at radius 3 is 2.81 bits per heavy atom. The lowest BCUT2D eigenvalue weighted by atomic mass is 10.1. The molecule has 0 aliphatic carbocycles. The number of nitrogens with one attached hydrogen (secondary N) is 1. The summed E-state index contributed by atoms with van der Waals surface area (Å²) in [5, 5.41) is 2.75.